The number of pyridine rings is 1. The van der Waals surface area contributed by atoms with E-state index in [-0.39, 0.29) is 5.91 Å². The van der Waals surface area contributed by atoms with Crippen LogP contribution in [0.5, 0.6) is 5.75 Å². The Morgan fingerprint density at radius 2 is 2.06 bits per heavy atom. The monoisotopic (exact) mass is 458 g/mol. The Bertz CT molecular complexity index is 1070. The van der Waals surface area contributed by atoms with E-state index in [0.29, 0.717) is 55.2 Å². The number of fused-ring (bicyclic) bond motifs is 1. The number of anilines is 2. The van der Waals surface area contributed by atoms with Crippen molar-refractivity contribution in [3.05, 3.63) is 41.7 Å². The van der Waals surface area contributed by atoms with Crippen LogP contribution >= 0.6 is 11.3 Å². The molecule has 1 amide bonds. The van der Waals surface area contributed by atoms with Crippen molar-refractivity contribution in [3.8, 4) is 5.75 Å². The summed E-state index contributed by atoms with van der Waals surface area (Å²) in [5.74, 6) is 0.421. The molecule has 0 aliphatic carbocycles. The number of hydrogen-bond donors (Lipinski definition) is 1. The molecule has 32 heavy (non-hydrogen) atoms. The first-order valence-corrected chi connectivity index (χ1v) is 11.1. The van der Waals surface area contributed by atoms with E-state index >= 15 is 0 Å². The van der Waals surface area contributed by atoms with Gasteiger partial charge in [0.1, 0.15) is 11.3 Å². The Kier molecular flexibility index (Phi) is 7.48. The Morgan fingerprint density at radius 1 is 1.22 bits per heavy atom. The zero-order chi connectivity index (χ0) is 22.3. The lowest BCUT2D eigenvalue weighted by molar-refractivity contribution is 0.0602. The van der Waals surface area contributed by atoms with Gasteiger partial charge in [-0.3, -0.25) is 15.1 Å². The van der Waals surface area contributed by atoms with Crippen LogP contribution in [0.2, 0.25) is 0 Å². The molecule has 170 valence electrons. The third kappa shape index (κ3) is 5.16. The summed E-state index contributed by atoms with van der Waals surface area (Å²) < 4.78 is 22.4. The maximum atomic E-state index is 12.9. The number of carbonyl (C=O) groups excluding carboxylic acids is 1. The second kappa shape index (κ2) is 10.7. The molecule has 0 unspecified atom stereocenters. The summed E-state index contributed by atoms with van der Waals surface area (Å²) in [5, 5.41) is 3.43. The van der Waals surface area contributed by atoms with Gasteiger partial charge in [-0.1, -0.05) is 11.3 Å². The van der Waals surface area contributed by atoms with Crippen molar-refractivity contribution in [1.29, 1.82) is 0 Å². The van der Waals surface area contributed by atoms with Crippen LogP contribution < -0.4 is 15.0 Å². The van der Waals surface area contributed by atoms with E-state index in [1.807, 2.05) is 12.1 Å². The Morgan fingerprint density at radius 3 is 2.84 bits per heavy atom. The Hall–Kier alpha value is -2.79. The summed E-state index contributed by atoms with van der Waals surface area (Å²) >= 11 is 1.43. The summed E-state index contributed by atoms with van der Waals surface area (Å²) in [7, 11) is 3.24. The number of ether oxygens (including phenoxy) is 4. The topological polar surface area (TPSA) is 95.0 Å². The number of amides is 1. The van der Waals surface area contributed by atoms with E-state index in [1.54, 1.807) is 32.5 Å². The smallest absolute Gasteiger partial charge is 0.257 e. The number of benzene rings is 1. The zero-order valence-electron chi connectivity index (χ0n) is 18.1. The van der Waals surface area contributed by atoms with Crippen LogP contribution in [0.1, 0.15) is 16.1 Å². The lowest BCUT2D eigenvalue weighted by Gasteiger charge is -2.29. The highest BCUT2D eigenvalue weighted by molar-refractivity contribution is 7.23. The third-order valence-electron chi connectivity index (χ3n) is 5.04. The number of carbonyl (C=O) groups is 1. The standard InChI is InChI=1S/C22H26N4O5S/c1-28-11-12-31-14-16-13-15(5-6-23-16)21(27)25-22-24-19-18(29-2)4-3-17(20(19)32-22)26-7-9-30-10-8-26/h3-6,13H,7-12,14H2,1-2H3,(H,24,25,27). The fraction of sp³-hybridized carbons (Fsp3) is 0.409. The number of aromatic nitrogens is 2. The second-order valence-electron chi connectivity index (χ2n) is 7.12. The maximum absolute atomic E-state index is 12.9. The Labute approximate surface area is 190 Å². The van der Waals surface area contributed by atoms with Crippen LogP contribution in [0.3, 0.4) is 0 Å². The van der Waals surface area contributed by atoms with Crippen LogP contribution in [0.4, 0.5) is 10.8 Å². The number of hydrogen-bond acceptors (Lipinski definition) is 9. The molecule has 4 rings (SSSR count). The van der Waals surface area contributed by atoms with Gasteiger partial charge in [0.2, 0.25) is 0 Å². The minimum Gasteiger partial charge on any atom is -0.494 e. The van der Waals surface area contributed by atoms with Crippen molar-refractivity contribution in [2.45, 2.75) is 6.61 Å². The molecule has 0 bridgehead atoms. The molecule has 3 heterocycles. The first-order chi connectivity index (χ1) is 15.7. The molecule has 0 spiro atoms. The van der Waals surface area contributed by atoms with E-state index in [4.69, 9.17) is 18.9 Å². The van der Waals surface area contributed by atoms with Crippen molar-refractivity contribution >= 4 is 38.3 Å². The van der Waals surface area contributed by atoms with Gasteiger partial charge in [-0.2, -0.15) is 0 Å². The molecule has 1 aliphatic rings. The van der Waals surface area contributed by atoms with Crippen molar-refractivity contribution in [1.82, 2.24) is 9.97 Å². The number of rotatable bonds is 9. The highest BCUT2D eigenvalue weighted by atomic mass is 32.1. The van der Waals surface area contributed by atoms with Gasteiger partial charge in [-0.15, -0.1) is 0 Å². The molecule has 1 saturated heterocycles. The molecule has 10 heteroatoms. The predicted molar refractivity (Wildman–Crippen MR) is 123 cm³/mol. The predicted octanol–water partition coefficient (Wildman–Crippen LogP) is 2.95. The second-order valence-corrected chi connectivity index (χ2v) is 8.12. The number of nitrogens with one attached hydrogen (secondary N) is 1. The summed E-state index contributed by atoms with van der Waals surface area (Å²) in [6.45, 7) is 4.29. The van der Waals surface area contributed by atoms with Crippen LogP contribution in [0.25, 0.3) is 10.2 Å². The Balaban J connectivity index is 1.53. The van der Waals surface area contributed by atoms with Gasteiger partial charge < -0.3 is 23.8 Å². The van der Waals surface area contributed by atoms with Crippen molar-refractivity contribution in [2.24, 2.45) is 0 Å². The van der Waals surface area contributed by atoms with Crippen molar-refractivity contribution in [2.75, 3.05) is 64.0 Å². The van der Waals surface area contributed by atoms with E-state index in [0.717, 1.165) is 29.0 Å². The molecule has 0 atom stereocenters. The van der Waals surface area contributed by atoms with Crippen molar-refractivity contribution in [3.63, 3.8) is 0 Å². The molecule has 1 aromatic carbocycles. The summed E-state index contributed by atoms with van der Waals surface area (Å²) in [4.78, 5) is 24.0. The summed E-state index contributed by atoms with van der Waals surface area (Å²) in [6, 6.07) is 7.34. The SMILES string of the molecule is COCCOCc1cc(C(=O)Nc2nc3c(OC)ccc(N4CCOCC4)c3s2)ccn1. The molecular weight excluding hydrogens is 432 g/mol. The van der Waals surface area contributed by atoms with Crippen LogP contribution in [0.15, 0.2) is 30.5 Å². The molecule has 2 aromatic heterocycles. The van der Waals surface area contributed by atoms with Gasteiger partial charge in [0.15, 0.2) is 5.13 Å². The third-order valence-corrected chi connectivity index (χ3v) is 6.03. The van der Waals surface area contributed by atoms with E-state index in [1.165, 1.54) is 11.3 Å². The minimum absolute atomic E-state index is 0.253. The lowest BCUT2D eigenvalue weighted by atomic mass is 10.2. The number of morpholine rings is 1. The molecule has 0 saturated carbocycles. The average molecular weight is 459 g/mol. The van der Waals surface area contributed by atoms with E-state index < -0.39 is 0 Å². The van der Waals surface area contributed by atoms with E-state index in [9.17, 15) is 4.79 Å². The highest BCUT2D eigenvalue weighted by Crippen LogP contribution is 2.39. The molecular formula is C22H26N4O5S. The average Bonchev–Trinajstić information content (AvgIpc) is 3.25. The number of thiazole rings is 1. The minimum atomic E-state index is -0.253. The van der Waals surface area contributed by atoms with Gasteiger partial charge in [0, 0.05) is 32.0 Å². The molecule has 0 radical (unpaired) electrons. The van der Waals surface area contributed by atoms with Gasteiger partial charge in [0.25, 0.3) is 5.91 Å². The van der Waals surface area contributed by atoms with Gasteiger partial charge in [0.05, 0.1) is 56.2 Å². The fourth-order valence-corrected chi connectivity index (χ4v) is 4.45. The highest BCUT2D eigenvalue weighted by Gasteiger charge is 2.20. The van der Waals surface area contributed by atoms with Gasteiger partial charge in [-0.25, -0.2) is 4.98 Å². The zero-order valence-corrected chi connectivity index (χ0v) is 18.9. The fourth-order valence-electron chi connectivity index (χ4n) is 3.43. The lowest BCUT2D eigenvalue weighted by Crippen LogP contribution is -2.36. The number of nitrogens with zero attached hydrogens (tertiary/aromatic N) is 3. The molecule has 1 aliphatic heterocycles. The first kappa shape index (κ1) is 22.4. The van der Waals surface area contributed by atoms with Gasteiger partial charge in [-0.05, 0) is 24.3 Å². The molecule has 3 aromatic rings. The van der Waals surface area contributed by atoms with Crippen LogP contribution in [-0.4, -0.2) is 69.6 Å². The van der Waals surface area contributed by atoms with Crippen LogP contribution in [-0.2, 0) is 20.8 Å². The van der Waals surface area contributed by atoms with E-state index in [2.05, 4.69) is 20.2 Å². The summed E-state index contributed by atoms with van der Waals surface area (Å²) in [6.07, 6.45) is 1.60. The van der Waals surface area contributed by atoms with Crippen molar-refractivity contribution < 1.29 is 23.7 Å². The largest absolute Gasteiger partial charge is 0.494 e. The quantitative estimate of drug-likeness (QED) is 0.489. The number of methoxy groups -OCH3 is 2. The molecule has 1 fully saturated rings. The molecule has 9 nitrogen and oxygen atoms in total. The van der Waals surface area contributed by atoms with Gasteiger partial charge >= 0.3 is 0 Å². The normalized spacial score (nSPS) is 14.0. The maximum Gasteiger partial charge on any atom is 0.257 e. The summed E-state index contributed by atoms with van der Waals surface area (Å²) in [5.41, 5.74) is 2.97. The first-order valence-electron chi connectivity index (χ1n) is 10.3. The van der Waals surface area contributed by atoms with Crippen LogP contribution in [0, 0.1) is 0 Å². The molecule has 1 N–H and O–H groups in total.